The van der Waals surface area contributed by atoms with E-state index in [-0.39, 0.29) is 12.5 Å². The van der Waals surface area contributed by atoms with Crippen molar-refractivity contribution in [2.75, 3.05) is 39.4 Å². The van der Waals surface area contributed by atoms with E-state index in [1.54, 1.807) is 24.0 Å². The van der Waals surface area contributed by atoms with Gasteiger partial charge in [0.15, 0.2) is 17.4 Å². The average Bonchev–Trinajstić information content (AvgIpc) is 3.35. The molecule has 0 saturated heterocycles. The Labute approximate surface area is 226 Å². The van der Waals surface area contributed by atoms with Gasteiger partial charge in [-0.3, -0.25) is 14.5 Å². The number of imidazole rings is 1. The molecule has 0 saturated carbocycles. The van der Waals surface area contributed by atoms with Gasteiger partial charge in [-0.1, -0.05) is 42.5 Å². The van der Waals surface area contributed by atoms with Crippen LogP contribution in [0.25, 0.3) is 11.0 Å². The maximum absolute atomic E-state index is 14.2. The van der Waals surface area contributed by atoms with E-state index in [0.29, 0.717) is 47.2 Å². The first-order chi connectivity index (χ1) is 19.0. The standard InChI is InChI=1S/C30H31N3O6/c1-5-39-29(35)25-26(20-17-23(36-2)27(38-4)24(18-20)37-3)33-22-14-10-9-13-21(22)31-30(33)32(28(25)34)16-15-19-11-7-6-8-12-19/h6-14,17-18,25-26H,5,15-16H2,1-4H3/t25-,26+/m0/s1. The number of fused-ring (bicyclic) bond motifs is 3. The molecule has 4 aromatic rings. The second-order valence-corrected chi connectivity index (χ2v) is 9.13. The Balaban J connectivity index is 1.73. The van der Waals surface area contributed by atoms with E-state index in [1.807, 2.05) is 59.2 Å². The molecule has 0 unspecified atom stereocenters. The van der Waals surface area contributed by atoms with Gasteiger partial charge >= 0.3 is 5.97 Å². The summed E-state index contributed by atoms with van der Waals surface area (Å²) in [6.07, 6.45) is 0.597. The number of carbonyl (C=O) groups is 2. The molecular weight excluding hydrogens is 498 g/mol. The smallest absolute Gasteiger partial charge is 0.321 e. The number of aromatic nitrogens is 2. The monoisotopic (exact) mass is 529 g/mol. The highest BCUT2D eigenvalue weighted by molar-refractivity contribution is 6.08. The van der Waals surface area contributed by atoms with Crippen molar-refractivity contribution in [1.29, 1.82) is 0 Å². The zero-order valence-electron chi connectivity index (χ0n) is 22.4. The summed E-state index contributed by atoms with van der Waals surface area (Å²) < 4.78 is 24.1. The molecule has 5 rings (SSSR count). The van der Waals surface area contributed by atoms with E-state index in [2.05, 4.69) is 0 Å². The molecule has 0 radical (unpaired) electrons. The van der Waals surface area contributed by atoms with Crippen LogP contribution in [0.5, 0.6) is 17.2 Å². The highest BCUT2D eigenvalue weighted by Gasteiger charge is 2.48. The van der Waals surface area contributed by atoms with Crippen LogP contribution in [0.15, 0.2) is 66.7 Å². The van der Waals surface area contributed by atoms with Gasteiger partial charge in [-0.15, -0.1) is 0 Å². The van der Waals surface area contributed by atoms with Crippen LogP contribution in [-0.2, 0) is 20.7 Å². The summed E-state index contributed by atoms with van der Waals surface area (Å²) in [5.41, 5.74) is 3.21. The predicted molar refractivity (Wildman–Crippen MR) is 147 cm³/mol. The number of methoxy groups -OCH3 is 3. The first kappa shape index (κ1) is 26.1. The number of hydrogen-bond acceptors (Lipinski definition) is 7. The lowest BCUT2D eigenvalue weighted by atomic mass is 9.88. The number of rotatable bonds is 9. The van der Waals surface area contributed by atoms with Gasteiger partial charge < -0.3 is 23.5 Å². The van der Waals surface area contributed by atoms with Crippen LogP contribution >= 0.6 is 0 Å². The van der Waals surface area contributed by atoms with Crippen molar-refractivity contribution in [3.63, 3.8) is 0 Å². The molecule has 1 amide bonds. The topological polar surface area (TPSA) is 92.1 Å². The molecule has 1 aromatic heterocycles. The third-order valence-electron chi connectivity index (χ3n) is 6.98. The molecule has 39 heavy (non-hydrogen) atoms. The van der Waals surface area contributed by atoms with Gasteiger partial charge in [-0.25, -0.2) is 4.98 Å². The molecule has 1 aliphatic heterocycles. The first-order valence-electron chi connectivity index (χ1n) is 12.8. The number of anilines is 1. The van der Waals surface area contributed by atoms with Crippen molar-refractivity contribution in [3.05, 3.63) is 77.9 Å². The summed E-state index contributed by atoms with van der Waals surface area (Å²) in [7, 11) is 4.58. The van der Waals surface area contributed by atoms with Gasteiger partial charge in [0.2, 0.25) is 17.6 Å². The molecule has 2 heterocycles. The maximum atomic E-state index is 14.2. The lowest BCUT2D eigenvalue weighted by molar-refractivity contribution is -0.153. The summed E-state index contributed by atoms with van der Waals surface area (Å²) in [6, 6.07) is 20.3. The highest BCUT2D eigenvalue weighted by atomic mass is 16.5. The molecule has 9 heteroatoms. The molecule has 0 spiro atoms. The Morgan fingerprint density at radius 3 is 2.23 bits per heavy atom. The normalized spacial score (nSPS) is 16.6. The summed E-state index contributed by atoms with van der Waals surface area (Å²) in [5, 5.41) is 0. The number of benzene rings is 3. The number of esters is 1. The Hall–Kier alpha value is -4.53. The number of amides is 1. The molecule has 1 aliphatic rings. The van der Waals surface area contributed by atoms with Crippen molar-refractivity contribution >= 4 is 28.9 Å². The summed E-state index contributed by atoms with van der Waals surface area (Å²) in [4.78, 5) is 34.2. The second kappa shape index (κ2) is 11.1. The average molecular weight is 530 g/mol. The number of para-hydroxylation sites is 2. The fourth-order valence-electron chi connectivity index (χ4n) is 5.22. The lowest BCUT2D eigenvalue weighted by Gasteiger charge is -2.38. The fraction of sp³-hybridized carbons (Fsp3) is 0.300. The van der Waals surface area contributed by atoms with Crippen molar-refractivity contribution < 1.29 is 28.5 Å². The summed E-state index contributed by atoms with van der Waals surface area (Å²) >= 11 is 0. The Bertz CT molecular complexity index is 1470. The minimum absolute atomic E-state index is 0.145. The van der Waals surface area contributed by atoms with Crippen LogP contribution in [0.3, 0.4) is 0 Å². The second-order valence-electron chi connectivity index (χ2n) is 9.13. The molecule has 0 bridgehead atoms. The van der Waals surface area contributed by atoms with E-state index in [1.165, 1.54) is 21.3 Å². The van der Waals surface area contributed by atoms with E-state index >= 15 is 0 Å². The third kappa shape index (κ3) is 4.65. The molecule has 2 atom stereocenters. The summed E-state index contributed by atoms with van der Waals surface area (Å²) in [5.74, 6) is -0.414. The van der Waals surface area contributed by atoms with Crippen LogP contribution in [0.2, 0.25) is 0 Å². The molecule has 202 valence electrons. The van der Waals surface area contributed by atoms with Crippen LogP contribution in [0.1, 0.15) is 24.1 Å². The van der Waals surface area contributed by atoms with E-state index in [9.17, 15) is 9.59 Å². The van der Waals surface area contributed by atoms with Gasteiger partial charge in [0.05, 0.1) is 45.0 Å². The van der Waals surface area contributed by atoms with Crippen molar-refractivity contribution in [3.8, 4) is 17.2 Å². The fourth-order valence-corrected chi connectivity index (χ4v) is 5.22. The third-order valence-corrected chi connectivity index (χ3v) is 6.98. The zero-order chi connectivity index (χ0) is 27.5. The van der Waals surface area contributed by atoms with Crippen molar-refractivity contribution in [2.45, 2.75) is 19.4 Å². The van der Waals surface area contributed by atoms with Gasteiger partial charge in [-0.2, -0.15) is 0 Å². The largest absolute Gasteiger partial charge is 0.493 e. The van der Waals surface area contributed by atoms with Gasteiger partial charge in [0.1, 0.15) is 0 Å². The SMILES string of the molecule is CCOC(=O)[C@@H]1C(=O)N(CCc2ccccc2)c2nc3ccccc3n2[C@@H]1c1cc(OC)c(OC)c(OC)c1. The Kier molecular flexibility index (Phi) is 7.40. The molecule has 0 fully saturated rings. The van der Waals surface area contributed by atoms with Gasteiger partial charge in [-0.05, 0) is 48.7 Å². The highest BCUT2D eigenvalue weighted by Crippen LogP contribution is 2.46. The van der Waals surface area contributed by atoms with Crippen LogP contribution in [-0.4, -0.2) is 55.9 Å². The van der Waals surface area contributed by atoms with E-state index < -0.39 is 17.9 Å². The van der Waals surface area contributed by atoms with Gasteiger partial charge in [0.25, 0.3) is 0 Å². The van der Waals surface area contributed by atoms with Gasteiger partial charge in [0, 0.05) is 6.54 Å². The molecule has 9 nitrogen and oxygen atoms in total. The summed E-state index contributed by atoms with van der Waals surface area (Å²) in [6.45, 7) is 2.22. The number of hydrogen-bond donors (Lipinski definition) is 0. The van der Waals surface area contributed by atoms with Crippen LogP contribution < -0.4 is 19.1 Å². The predicted octanol–water partition coefficient (Wildman–Crippen LogP) is 4.42. The van der Waals surface area contributed by atoms with E-state index in [0.717, 1.165) is 11.1 Å². The van der Waals surface area contributed by atoms with Crippen molar-refractivity contribution in [2.24, 2.45) is 5.92 Å². The number of carbonyl (C=O) groups excluding carboxylic acids is 2. The lowest BCUT2D eigenvalue weighted by Crippen LogP contribution is -2.50. The molecule has 0 aliphatic carbocycles. The van der Waals surface area contributed by atoms with E-state index in [4.69, 9.17) is 23.9 Å². The molecular formula is C30H31N3O6. The molecule has 3 aromatic carbocycles. The maximum Gasteiger partial charge on any atom is 0.321 e. The quantitative estimate of drug-likeness (QED) is 0.234. The molecule has 0 N–H and O–H groups in total. The Morgan fingerprint density at radius 1 is 0.923 bits per heavy atom. The van der Waals surface area contributed by atoms with Crippen LogP contribution in [0.4, 0.5) is 5.95 Å². The minimum atomic E-state index is -1.16. The zero-order valence-corrected chi connectivity index (χ0v) is 22.4. The van der Waals surface area contributed by atoms with Crippen molar-refractivity contribution in [1.82, 2.24) is 9.55 Å². The Morgan fingerprint density at radius 2 is 1.59 bits per heavy atom. The number of ether oxygens (including phenoxy) is 4. The first-order valence-corrected chi connectivity index (χ1v) is 12.8. The minimum Gasteiger partial charge on any atom is -0.493 e. The van der Waals surface area contributed by atoms with Crippen LogP contribution in [0, 0.1) is 5.92 Å². The number of nitrogens with zero attached hydrogens (tertiary/aromatic N) is 3.